The number of likely N-dealkylation sites (tertiary alicyclic amines) is 1. The van der Waals surface area contributed by atoms with Crippen LogP contribution >= 0.6 is 12.4 Å². The van der Waals surface area contributed by atoms with Crippen LogP contribution in [0.5, 0.6) is 0 Å². The summed E-state index contributed by atoms with van der Waals surface area (Å²) >= 11 is 0. The van der Waals surface area contributed by atoms with Crippen LogP contribution in [0.4, 0.5) is 0 Å². The minimum atomic E-state index is -0.189. The molecule has 1 heterocycles. The molecule has 5 nitrogen and oxygen atoms in total. The van der Waals surface area contributed by atoms with E-state index in [0.717, 1.165) is 36.8 Å². The Morgan fingerprint density at radius 3 is 2.43 bits per heavy atom. The number of likely N-dealkylation sites (N-methyl/N-ethyl adjacent to an activating group) is 1. The molecule has 1 amide bonds. The van der Waals surface area contributed by atoms with Crippen LogP contribution in [0.15, 0.2) is 0 Å². The second-order valence-electron chi connectivity index (χ2n) is 6.56. The Balaban J connectivity index is 0.00000220. The van der Waals surface area contributed by atoms with E-state index >= 15 is 0 Å². The van der Waals surface area contributed by atoms with Crippen LogP contribution < -0.4 is 5.32 Å². The maximum absolute atomic E-state index is 11.4. The Morgan fingerprint density at radius 1 is 1.14 bits per heavy atom. The Bertz CT molecular complexity index is 391. The molecule has 1 saturated heterocycles. The van der Waals surface area contributed by atoms with Gasteiger partial charge in [0, 0.05) is 26.7 Å². The highest BCUT2D eigenvalue weighted by molar-refractivity contribution is 5.85. The van der Waals surface area contributed by atoms with Gasteiger partial charge in [0.25, 0.3) is 0 Å². The molecule has 0 bridgehead atoms. The van der Waals surface area contributed by atoms with Crippen molar-refractivity contribution in [3.05, 3.63) is 0 Å². The number of esters is 1. The van der Waals surface area contributed by atoms with E-state index in [4.69, 9.17) is 4.74 Å². The lowest BCUT2D eigenvalue weighted by atomic mass is 9.88. The van der Waals surface area contributed by atoms with Gasteiger partial charge in [0.2, 0.25) is 5.91 Å². The van der Waals surface area contributed by atoms with Crippen LogP contribution in [0.3, 0.4) is 0 Å². The Labute approximate surface area is 133 Å². The normalized spacial score (nSPS) is 35.7. The smallest absolute Gasteiger partial charge is 0.303 e. The summed E-state index contributed by atoms with van der Waals surface area (Å²) in [6.07, 6.45) is 5.60. The number of carbonyl (C=O) groups excluding carboxylic acids is 2. The van der Waals surface area contributed by atoms with Crippen molar-refractivity contribution in [2.45, 2.75) is 64.1 Å². The van der Waals surface area contributed by atoms with Crippen molar-refractivity contribution in [1.29, 1.82) is 0 Å². The standard InChI is InChI=1S/C15H26N2O3.ClH/c1-11(18)16-14-6-4-5-7-15(14)17(3)9-8-13(10-17)20-12(2)19;/h13-15H,4-10H2,1-3H3;1H/p+1/t13-,14?,15+,17-;/m1./s1. The number of carbonyl (C=O) groups is 2. The molecule has 122 valence electrons. The number of nitrogens with zero attached hydrogens (tertiary/aromatic N) is 1. The van der Waals surface area contributed by atoms with Gasteiger partial charge in [-0.2, -0.15) is 0 Å². The number of amides is 1. The first-order chi connectivity index (χ1) is 9.40. The first kappa shape index (κ1) is 18.2. The van der Waals surface area contributed by atoms with Crippen LogP contribution in [-0.2, 0) is 14.3 Å². The minimum Gasteiger partial charge on any atom is -0.456 e. The van der Waals surface area contributed by atoms with Gasteiger partial charge in [0.1, 0.15) is 12.6 Å². The molecule has 2 aliphatic rings. The zero-order valence-corrected chi connectivity index (χ0v) is 14.1. The van der Waals surface area contributed by atoms with Crippen molar-refractivity contribution in [3.8, 4) is 0 Å². The summed E-state index contributed by atoms with van der Waals surface area (Å²) in [5, 5.41) is 3.13. The van der Waals surface area contributed by atoms with Crippen LogP contribution in [0.1, 0.15) is 46.0 Å². The van der Waals surface area contributed by atoms with Gasteiger partial charge in [0.15, 0.2) is 6.10 Å². The molecule has 1 N–H and O–H groups in total. The lowest BCUT2D eigenvalue weighted by Crippen LogP contribution is -2.61. The zero-order chi connectivity index (χ0) is 14.8. The van der Waals surface area contributed by atoms with E-state index in [2.05, 4.69) is 12.4 Å². The summed E-state index contributed by atoms with van der Waals surface area (Å²) in [5.41, 5.74) is 0. The maximum atomic E-state index is 11.4. The van der Waals surface area contributed by atoms with Crippen molar-refractivity contribution >= 4 is 24.3 Å². The quantitative estimate of drug-likeness (QED) is 0.635. The third-order valence-electron chi connectivity index (χ3n) is 4.83. The molecule has 2 fully saturated rings. The number of hydrogen-bond acceptors (Lipinski definition) is 3. The molecule has 2 rings (SSSR count). The predicted octanol–water partition coefficient (Wildman–Crippen LogP) is 1.64. The molecule has 1 aliphatic carbocycles. The summed E-state index contributed by atoms with van der Waals surface area (Å²) in [5.74, 6) is -0.130. The molecule has 0 aromatic rings. The van der Waals surface area contributed by atoms with Crippen molar-refractivity contribution < 1.29 is 18.8 Å². The largest absolute Gasteiger partial charge is 0.456 e. The van der Waals surface area contributed by atoms with E-state index in [1.165, 1.54) is 19.8 Å². The van der Waals surface area contributed by atoms with Gasteiger partial charge in [0.05, 0.1) is 19.6 Å². The van der Waals surface area contributed by atoms with Crippen molar-refractivity contribution in [2.24, 2.45) is 0 Å². The van der Waals surface area contributed by atoms with Gasteiger partial charge >= 0.3 is 5.97 Å². The molecule has 4 atom stereocenters. The molecule has 0 spiro atoms. The fraction of sp³-hybridized carbons (Fsp3) is 0.867. The summed E-state index contributed by atoms with van der Waals surface area (Å²) in [6, 6.07) is 0.718. The van der Waals surface area contributed by atoms with Crippen LogP contribution in [0, 0.1) is 0 Å². The maximum Gasteiger partial charge on any atom is 0.303 e. The van der Waals surface area contributed by atoms with E-state index in [1.54, 1.807) is 6.92 Å². The van der Waals surface area contributed by atoms with Gasteiger partial charge in [-0.25, -0.2) is 0 Å². The summed E-state index contributed by atoms with van der Waals surface area (Å²) in [7, 11) is 2.24. The Morgan fingerprint density at radius 2 is 1.81 bits per heavy atom. The minimum absolute atomic E-state index is 0. The van der Waals surface area contributed by atoms with Gasteiger partial charge < -0.3 is 14.5 Å². The fourth-order valence-electron chi connectivity index (χ4n) is 4.01. The van der Waals surface area contributed by atoms with E-state index in [0.29, 0.717) is 6.04 Å². The SMILES string of the molecule is CC(=O)NC1CCCC[C@@H]1[N@+]1(C)CC[C@@H](OC(C)=O)C1.Cl. The molecule has 1 saturated carbocycles. The molecule has 0 aromatic carbocycles. The Kier molecular flexibility index (Phi) is 6.47. The summed E-state index contributed by atoms with van der Waals surface area (Å²) in [4.78, 5) is 22.5. The molecular formula is C15H28ClN2O3+. The van der Waals surface area contributed by atoms with Gasteiger partial charge in [-0.1, -0.05) is 6.42 Å². The fourth-order valence-corrected chi connectivity index (χ4v) is 4.01. The second-order valence-corrected chi connectivity index (χ2v) is 6.56. The number of ether oxygens (including phenoxy) is 1. The first-order valence-corrected chi connectivity index (χ1v) is 7.69. The molecule has 0 radical (unpaired) electrons. The van der Waals surface area contributed by atoms with Crippen LogP contribution in [-0.4, -0.2) is 54.7 Å². The third kappa shape index (κ3) is 4.58. The average molecular weight is 320 g/mol. The van der Waals surface area contributed by atoms with Gasteiger partial charge in [-0.15, -0.1) is 12.4 Å². The van der Waals surface area contributed by atoms with Gasteiger partial charge in [-0.05, 0) is 12.8 Å². The van der Waals surface area contributed by atoms with E-state index in [9.17, 15) is 9.59 Å². The molecule has 6 heteroatoms. The monoisotopic (exact) mass is 319 g/mol. The average Bonchev–Trinajstić information content (AvgIpc) is 2.71. The first-order valence-electron chi connectivity index (χ1n) is 7.69. The van der Waals surface area contributed by atoms with Crippen LogP contribution in [0.25, 0.3) is 0 Å². The number of nitrogens with one attached hydrogen (secondary N) is 1. The number of hydrogen-bond donors (Lipinski definition) is 1. The van der Waals surface area contributed by atoms with E-state index in [-0.39, 0.29) is 36.4 Å². The molecule has 1 aliphatic heterocycles. The van der Waals surface area contributed by atoms with Crippen LogP contribution in [0.2, 0.25) is 0 Å². The lowest BCUT2D eigenvalue weighted by molar-refractivity contribution is -0.925. The number of quaternary nitrogens is 1. The molecule has 21 heavy (non-hydrogen) atoms. The van der Waals surface area contributed by atoms with Gasteiger partial charge in [-0.3, -0.25) is 9.59 Å². The van der Waals surface area contributed by atoms with Crippen molar-refractivity contribution in [3.63, 3.8) is 0 Å². The topological polar surface area (TPSA) is 55.4 Å². The summed E-state index contributed by atoms with van der Waals surface area (Å²) in [6.45, 7) is 4.97. The second kappa shape index (κ2) is 7.45. The van der Waals surface area contributed by atoms with E-state index < -0.39 is 0 Å². The van der Waals surface area contributed by atoms with Crippen molar-refractivity contribution in [1.82, 2.24) is 5.32 Å². The molecule has 0 aromatic heterocycles. The molecule has 1 unspecified atom stereocenters. The predicted molar refractivity (Wildman–Crippen MR) is 83.2 cm³/mol. The zero-order valence-electron chi connectivity index (χ0n) is 13.3. The highest BCUT2D eigenvalue weighted by atomic mass is 35.5. The lowest BCUT2D eigenvalue weighted by Gasteiger charge is -2.44. The van der Waals surface area contributed by atoms with Crippen molar-refractivity contribution in [2.75, 3.05) is 20.1 Å². The van der Waals surface area contributed by atoms with E-state index in [1.807, 2.05) is 0 Å². The highest BCUT2D eigenvalue weighted by Gasteiger charge is 2.46. The Hall–Kier alpha value is -0.810. The summed E-state index contributed by atoms with van der Waals surface area (Å²) < 4.78 is 6.29. The highest BCUT2D eigenvalue weighted by Crippen LogP contribution is 2.32. The third-order valence-corrected chi connectivity index (χ3v) is 4.83. The number of halogens is 1. The number of rotatable bonds is 3. The molecular weight excluding hydrogens is 292 g/mol.